The Morgan fingerprint density at radius 3 is 2.93 bits per heavy atom. The molecule has 3 heterocycles. The predicted molar refractivity (Wildman–Crippen MR) is 96.3 cm³/mol. The summed E-state index contributed by atoms with van der Waals surface area (Å²) in [7, 11) is 1.52. The van der Waals surface area contributed by atoms with Gasteiger partial charge in [-0.25, -0.2) is 13.8 Å². The SMILES string of the molecule is COCc1noc(N2CCCC2c2nc3ccccc3c(=O)n2CC(F)F)n1. The average Bonchev–Trinajstić information content (AvgIpc) is 3.33. The Morgan fingerprint density at radius 2 is 2.14 bits per heavy atom. The van der Waals surface area contributed by atoms with Crippen molar-refractivity contribution < 1.29 is 18.0 Å². The van der Waals surface area contributed by atoms with E-state index in [-0.39, 0.29) is 18.4 Å². The number of halogens is 2. The van der Waals surface area contributed by atoms with E-state index in [0.717, 1.165) is 11.0 Å². The number of alkyl halides is 2. The Morgan fingerprint density at radius 1 is 1.32 bits per heavy atom. The van der Waals surface area contributed by atoms with Crippen molar-refractivity contribution in [3.63, 3.8) is 0 Å². The Hall–Kier alpha value is -2.88. The fraction of sp³-hybridized carbons (Fsp3) is 0.444. The van der Waals surface area contributed by atoms with Crippen LogP contribution in [0.3, 0.4) is 0 Å². The van der Waals surface area contributed by atoms with Crippen molar-refractivity contribution in [2.75, 3.05) is 18.6 Å². The third kappa shape index (κ3) is 3.35. The molecule has 0 bridgehead atoms. The molecule has 0 amide bonds. The summed E-state index contributed by atoms with van der Waals surface area (Å²) in [5, 5.41) is 4.17. The Kier molecular flexibility index (Phi) is 5.03. The van der Waals surface area contributed by atoms with E-state index in [1.54, 1.807) is 24.3 Å². The van der Waals surface area contributed by atoms with Crippen molar-refractivity contribution in [1.29, 1.82) is 0 Å². The van der Waals surface area contributed by atoms with Crippen molar-refractivity contribution in [2.45, 2.75) is 38.5 Å². The van der Waals surface area contributed by atoms with Gasteiger partial charge in [0.1, 0.15) is 12.4 Å². The van der Waals surface area contributed by atoms with E-state index in [0.29, 0.717) is 29.7 Å². The molecule has 1 atom stereocenters. The Bertz CT molecular complexity index is 1040. The minimum absolute atomic E-state index is 0.201. The summed E-state index contributed by atoms with van der Waals surface area (Å²) < 4.78 is 37.8. The summed E-state index contributed by atoms with van der Waals surface area (Å²) in [4.78, 5) is 23.5. The van der Waals surface area contributed by atoms with Crippen LogP contribution < -0.4 is 10.5 Å². The van der Waals surface area contributed by atoms with E-state index in [9.17, 15) is 13.6 Å². The summed E-state index contributed by atoms with van der Waals surface area (Å²) in [6.45, 7) is 0.0814. The van der Waals surface area contributed by atoms with Crippen LogP contribution in [0.4, 0.5) is 14.8 Å². The third-order valence-electron chi connectivity index (χ3n) is 4.74. The number of para-hydroxylation sites is 1. The second-order valence-electron chi connectivity index (χ2n) is 6.57. The normalized spacial score (nSPS) is 17.1. The van der Waals surface area contributed by atoms with Crippen LogP contribution in [0.5, 0.6) is 0 Å². The highest BCUT2D eigenvalue weighted by atomic mass is 19.3. The van der Waals surface area contributed by atoms with Crippen LogP contribution in [0.1, 0.15) is 30.5 Å². The maximum absolute atomic E-state index is 13.2. The van der Waals surface area contributed by atoms with Gasteiger partial charge >= 0.3 is 6.01 Å². The maximum atomic E-state index is 13.2. The molecule has 1 fully saturated rings. The number of rotatable bonds is 6. The fourth-order valence-corrected chi connectivity index (χ4v) is 3.57. The number of anilines is 1. The molecule has 0 radical (unpaired) electrons. The maximum Gasteiger partial charge on any atom is 0.324 e. The van der Waals surface area contributed by atoms with Crippen molar-refractivity contribution in [3.8, 4) is 0 Å². The molecule has 0 aliphatic carbocycles. The average molecular weight is 391 g/mol. The summed E-state index contributed by atoms with van der Waals surface area (Å²) in [5.74, 6) is 0.674. The van der Waals surface area contributed by atoms with Crippen LogP contribution in [0.2, 0.25) is 0 Å². The first kappa shape index (κ1) is 18.5. The standard InChI is InChI=1S/C18H19F2N5O3/c1-27-10-15-22-18(28-23-15)24-8-4-7-13(24)16-21-12-6-3-2-5-11(12)17(26)25(16)9-14(19)20/h2-3,5-6,13-14H,4,7-10H2,1H3. The van der Waals surface area contributed by atoms with Gasteiger partial charge in [-0.15, -0.1) is 0 Å². The van der Waals surface area contributed by atoms with Crippen LogP contribution in [0, 0.1) is 0 Å². The Balaban J connectivity index is 1.80. The number of benzene rings is 1. The molecule has 28 heavy (non-hydrogen) atoms. The van der Waals surface area contributed by atoms with E-state index >= 15 is 0 Å². The first-order valence-corrected chi connectivity index (χ1v) is 8.94. The molecule has 1 aliphatic rings. The molecular weight excluding hydrogens is 372 g/mol. The molecule has 4 rings (SSSR count). The largest absolute Gasteiger partial charge is 0.377 e. The highest BCUT2D eigenvalue weighted by Crippen LogP contribution is 2.34. The Labute approximate surface area is 158 Å². The minimum atomic E-state index is -2.68. The van der Waals surface area contributed by atoms with Crippen LogP contribution in [-0.4, -0.2) is 39.8 Å². The predicted octanol–water partition coefficient (Wildman–Crippen LogP) is 2.53. The van der Waals surface area contributed by atoms with E-state index in [2.05, 4.69) is 15.1 Å². The summed E-state index contributed by atoms with van der Waals surface area (Å²) >= 11 is 0. The summed E-state index contributed by atoms with van der Waals surface area (Å²) in [6.07, 6.45) is -1.26. The van der Waals surface area contributed by atoms with Crippen molar-refractivity contribution >= 4 is 16.9 Å². The van der Waals surface area contributed by atoms with Crippen molar-refractivity contribution in [2.24, 2.45) is 0 Å². The molecule has 1 aromatic carbocycles. The molecule has 2 aromatic heterocycles. The lowest BCUT2D eigenvalue weighted by Crippen LogP contribution is -2.33. The van der Waals surface area contributed by atoms with Gasteiger partial charge in [-0.05, 0) is 25.0 Å². The van der Waals surface area contributed by atoms with E-state index < -0.39 is 24.6 Å². The molecule has 1 aliphatic heterocycles. The van der Waals surface area contributed by atoms with E-state index in [4.69, 9.17) is 9.26 Å². The molecule has 1 saturated heterocycles. The molecule has 10 heteroatoms. The number of hydrogen-bond donors (Lipinski definition) is 0. The van der Waals surface area contributed by atoms with Crippen LogP contribution in [0.25, 0.3) is 10.9 Å². The molecule has 0 spiro atoms. The van der Waals surface area contributed by atoms with Gasteiger partial charge in [0, 0.05) is 13.7 Å². The van der Waals surface area contributed by atoms with Gasteiger partial charge in [0.15, 0.2) is 5.82 Å². The van der Waals surface area contributed by atoms with Crippen molar-refractivity contribution in [1.82, 2.24) is 19.7 Å². The van der Waals surface area contributed by atoms with E-state index in [1.807, 2.05) is 4.90 Å². The quantitative estimate of drug-likeness (QED) is 0.638. The second-order valence-corrected chi connectivity index (χ2v) is 6.57. The lowest BCUT2D eigenvalue weighted by atomic mass is 10.1. The number of hydrogen-bond acceptors (Lipinski definition) is 7. The van der Waals surface area contributed by atoms with Gasteiger partial charge in [-0.2, -0.15) is 4.98 Å². The van der Waals surface area contributed by atoms with Crippen LogP contribution in [0.15, 0.2) is 33.6 Å². The monoisotopic (exact) mass is 391 g/mol. The lowest BCUT2D eigenvalue weighted by Gasteiger charge is -2.24. The van der Waals surface area contributed by atoms with Gasteiger partial charge in [0.25, 0.3) is 12.0 Å². The summed E-state index contributed by atoms with van der Waals surface area (Å²) in [6, 6.07) is 6.60. The lowest BCUT2D eigenvalue weighted by molar-refractivity contribution is 0.123. The van der Waals surface area contributed by atoms with Gasteiger partial charge in [-0.3, -0.25) is 9.36 Å². The van der Waals surface area contributed by atoms with Gasteiger partial charge < -0.3 is 14.2 Å². The van der Waals surface area contributed by atoms with Gasteiger partial charge in [0.05, 0.1) is 23.5 Å². The first-order chi connectivity index (χ1) is 13.6. The van der Waals surface area contributed by atoms with Crippen molar-refractivity contribution in [3.05, 3.63) is 46.3 Å². The fourth-order valence-electron chi connectivity index (χ4n) is 3.57. The number of aromatic nitrogens is 4. The second kappa shape index (κ2) is 7.63. The zero-order valence-corrected chi connectivity index (χ0v) is 15.2. The topological polar surface area (TPSA) is 86.3 Å². The molecular formula is C18H19F2N5O3. The smallest absolute Gasteiger partial charge is 0.324 e. The van der Waals surface area contributed by atoms with Crippen LogP contribution >= 0.6 is 0 Å². The number of fused-ring (bicyclic) bond motifs is 1. The van der Waals surface area contributed by atoms with Crippen LogP contribution in [-0.2, 0) is 17.9 Å². The molecule has 0 saturated carbocycles. The highest BCUT2D eigenvalue weighted by molar-refractivity contribution is 5.77. The molecule has 1 unspecified atom stereocenters. The number of methoxy groups -OCH3 is 1. The summed E-state index contributed by atoms with van der Waals surface area (Å²) in [5.41, 5.74) is 0.00354. The number of ether oxygens (including phenoxy) is 1. The van der Waals surface area contributed by atoms with E-state index in [1.165, 1.54) is 7.11 Å². The molecule has 0 N–H and O–H groups in total. The minimum Gasteiger partial charge on any atom is -0.377 e. The molecule has 3 aromatic rings. The zero-order valence-electron chi connectivity index (χ0n) is 15.2. The number of nitrogens with zero attached hydrogens (tertiary/aromatic N) is 5. The van der Waals surface area contributed by atoms with Gasteiger partial charge in [-0.1, -0.05) is 17.3 Å². The van der Waals surface area contributed by atoms with Gasteiger partial charge in [0.2, 0.25) is 0 Å². The zero-order chi connectivity index (χ0) is 19.7. The first-order valence-electron chi connectivity index (χ1n) is 8.94. The third-order valence-corrected chi connectivity index (χ3v) is 4.74. The molecule has 8 nitrogen and oxygen atoms in total. The molecule has 148 valence electrons. The highest BCUT2D eigenvalue weighted by Gasteiger charge is 2.34.